The number of amides is 1. The van der Waals surface area contributed by atoms with Crippen molar-refractivity contribution >= 4 is 5.91 Å². The van der Waals surface area contributed by atoms with E-state index in [2.05, 4.69) is 25.1 Å². The molecule has 0 aromatic heterocycles. The Morgan fingerprint density at radius 2 is 2.00 bits per heavy atom. The molecular formula is C17H19NO2. The fourth-order valence-corrected chi connectivity index (χ4v) is 3.24. The molecule has 1 saturated heterocycles. The largest absolute Gasteiger partial charge is 0.497 e. The van der Waals surface area contributed by atoms with Crippen molar-refractivity contribution in [3.63, 3.8) is 0 Å². The molecule has 1 heterocycles. The number of methoxy groups -OCH3 is 1. The normalized spacial score (nSPS) is 28.4. The third kappa shape index (κ3) is 1.77. The Bertz CT molecular complexity index is 600. The van der Waals surface area contributed by atoms with E-state index in [-0.39, 0.29) is 17.2 Å². The second-order valence-electron chi connectivity index (χ2n) is 5.73. The van der Waals surface area contributed by atoms with Crippen LogP contribution in [0.2, 0.25) is 0 Å². The first kappa shape index (κ1) is 13.0. The van der Waals surface area contributed by atoms with Crippen molar-refractivity contribution < 1.29 is 9.53 Å². The number of fused-ring (bicyclic) bond motifs is 1. The lowest BCUT2D eigenvalue weighted by atomic mass is 9.67. The summed E-state index contributed by atoms with van der Waals surface area (Å²) < 4.78 is 5.22. The van der Waals surface area contributed by atoms with Gasteiger partial charge in [0, 0.05) is 30.5 Å². The maximum absolute atomic E-state index is 12.2. The van der Waals surface area contributed by atoms with Crippen LogP contribution >= 0.6 is 0 Å². The average molecular weight is 269 g/mol. The summed E-state index contributed by atoms with van der Waals surface area (Å²) in [6, 6.07) is 8.14. The molecule has 2 unspecified atom stereocenters. The minimum Gasteiger partial charge on any atom is -0.497 e. The molecule has 1 aromatic rings. The molecule has 20 heavy (non-hydrogen) atoms. The fraction of sp³-hybridized carbons (Fsp3) is 0.353. The van der Waals surface area contributed by atoms with Crippen LogP contribution in [0.4, 0.5) is 0 Å². The molecule has 0 saturated carbocycles. The number of ether oxygens (including phenoxy) is 1. The molecule has 1 aromatic carbocycles. The first-order chi connectivity index (χ1) is 9.56. The molecule has 1 aliphatic carbocycles. The zero-order valence-electron chi connectivity index (χ0n) is 12.1. The van der Waals surface area contributed by atoms with Gasteiger partial charge in [0.05, 0.1) is 7.11 Å². The number of hydrogen-bond acceptors (Lipinski definition) is 2. The summed E-state index contributed by atoms with van der Waals surface area (Å²) in [7, 11) is 3.54. The Morgan fingerprint density at radius 1 is 1.30 bits per heavy atom. The molecule has 2 aliphatic rings. The molecule has 104 valence electrons. The zero-order chi connectivity index (χ0) is 14.3. The molecule has 0 spiro atoms. The van der Waals surface area contributed by atoms with Crippen LogP contribution in [0.25, 0.3) is 0 Å². The quantitative estimate of drug-likeness (QED) is 0.825. The Balaban J connectivity index is 2.01. The number of benzene rings is 1. The summed E-state index contributed by atoms with van der Waals surface area (Å²) in [6.07, 6.45) is 6.17. The van der Waals surface area contributed by atoms with Gasteiger partial charge in [0.25, 0.3) is 0 Å². The van der Waals surface area contributed by atoms with Gasteiger partial charge in [0.1, 0.15) is 5.75 Å². The lowest BCUT2D eigenvalue weighted by Gasteiger charge is -2.35. The van der Waals surface area contributed by atoms with Gasteiger partial charge >= 0.3 is 0 Å². The molecule has 3 rings (SSSR count). The molecule has 0 radical (unpaired) electrons. The third-order valence-electron chi connectivity index (χ3n) is 4.58. The highest BCUT2D eigenvalue weighted by atomic mass is 16.5. The standard InChI is InChI=1S/C17H19NO2/c1-17(12-6-8-13(20-3)9-7-12)10-4-5-14-15(17)11-18(2)16(14)19/h4-10,15H,11H2,1-3H3. The number of carbonyl (C=O) groups is 1. The van der Waals surface area contributed by atoms with Crippen LogP contribution in [0, 0.1) is 5.92 Å². The summed E-state index contributed by atoms with van der Waals surface area (Å²) >= 11 is 0. The first-order valence-corrected chi connectivity index (χ1v) is 6.85. The second kappa shape index (κ2) is 4.51. The number of allylic oxidation sites excluding steroid dienone is 3. The van der Waals surface area contributed by atoms with Crippen molar-refractivity contribution in [1.82, 2.24) is 4.90 Å². The van der Waals surface area contributed by atoms with Crippen LogP contribution in [-0.4, -0.2) is 31.5 Å². The van der Waals surface area contributed by atoms with E-state index in [0.29, 0.717) is 0 Å². The summed E-state index contributed by atoms with van der Waals surface area (Å²) in [5, 5.41) is 0. The molecule has 3 heteroatoms. The summed E-state index contributed by atoms with van der Waals surface area (Å²) in [5.74, 6) is 1.23. The van der Waals surface area contributed by atoms with Crippen LogP contribution in [0.15, 0.2) is 48.1 Å². The Hall–Kier alpha value is -2.03. The van der Waals surface area contributed by atoms with E-state index in [1.807, 2.05) is 36.2 Å². The number of nitrogens with zero attached hydrogens (tertiary/aromatic N) is 1. The highest BCUT2D eigenvalue weighted by Gasteiger charge is 2.45. The van der Waals surface area contributed by atoms with Crippen molar-refractivity contribution in [2.75, 3.05) is 20.7 Å². The molecule has 1 fully saturated rings. The second-order valence-corrected chi connectivity index (χ2v) is 5.73. The van der Waals surface area contributed by atoms with E-state index in [1.54, 1.807) is 7.11 Å². The summed E-state index contributed by atoms with van der Waals surface area (Å²) in [4.78, 5) is 14.0. The summed E-state index contributed by atoms with van der Waals surface area (Å²) in [6.45, 7) is 2.98. The predicted octanol–water partition coefficient (Wildman–Crippen LogP) is 2.54. The van der Waals surface area contributed by atoms with E-state index < -0.39 is 0 Å². The first-order valence-electron chi connectivity index (χ1n) is 6.85. The van der Waals surface area contributed by atoms with Crippen molar-refractivity contribution in [3.8, 4) is 5.75 Å². The Kier molecular flexibility index (Phi) is 2.93. The van der Waals surface area contributed by atoms with Gasteiger partial charge in [-0.25, -0.2) is 0 Å². The Labute approximate surface area is 119 Å². The SMILES string of the molecule is COc1ccc(C2(C)C=CC=C3C(=O)N(C)CC32)cc1. The van der Waals surface area contributed by atoms with E-state index in [9.17, 15) is 4.79 Å². The predicted molar refractivity (Wildman–Crippen MR) is 78.7 cm³/mol. The van der Waals surface area contributed by atoms with Gasteiger partial charge in [-0.2, -0.15) is 0 Å². The average Bonchev–Trinajstić information content (AvgIpc) is 2.77. The fourth-order valence-electron chi connectivity index (χ4n) is 3.24. The maximum atomic E-state index is 12.2. The Morgan fingerprint density at radius 3 is 2.65 bits per heavy atom. The minimum atomic E-state index is -0.142. The molecule has 0 N–H and O–H groups in total. The van der Waals surface area contributed by atoms with Gasteiger partial charge in [-0.15, -0.1) is 0 Å². The van der Waals surface area contributed by atoms with Crippen LogP contribution in [0.1, 0.15) is 12.5 Å². The van der Waals surface area contributed by atoms with Crippen LogP contribution in [0.5, 0.6) is 5.75 Å². The lowest BCUT2D eigenvalue weighted by Crippen LogP contribution is -2.34. The summed E-state index contributed by atoms with van der Waals surface area (Å²) in [5.41, 5.74) is 2.00. The van der Waals surface area contributed by atoms with E-state index in [0.717, 1.165) is 17.9 Å². The molecular weight excluding hydrogens is 250 g/mol. The van der Waals surface area contributed by atoms with Gasteiger partial charge in [-0.3, -0.25) is 4.79 Å². The van der Waals surface area contributed by atoms with Crippen molar-refractivity contribution in [2.45, 2.75) is 12.3 Å². The van der Waals surface area contributed by atoms with Gasteiger partial charge < -0.3 is 9.64 Å². The van der Waals surface area contributed by atoms with Crippen LogP contribution in [-0.2, 0) is 10.2 Å². The number of likely N-dealkylation sites (tertiary alicyclic amines) is 1. The topological polar surface area (TPSA) is 29.5 Å². The number of rotatable bonds is 2. The van der Waals surface area contributed by atoms with Crippen LogP contribution in [0.3, 0.4) is 0 Å². The molecule has 1 aliphatic heterocycles. The molecule has 2 atom stereocenters. The van der Waals surface area contributed by atoms with Gasteiger partial charge in [-0.1, -0.05) is 37.3 Å². The third-order valence-corrected chi connectivity index (χ3v) is 4.58. The number of likely N-dealkylation sites (N-methyl/N-ethyl adjacent to an activating group) is 1. The van der Waals surface area contributed by atoms with Crippen LogP contribution < -0.4 is 4.74 Å². The molecule has 1 amide bonds. The van der Waals surface area contributed by atoms with Crippen molar-refractivity contribution in [2.24, 2.45) is 5.92 Å². The number of carbonyl (C=O) groups excluding carboxylic acids is 1. The maximum Gasteiger partial charge on any atom is 0.249 e. The van der Waals surface area contributed by atoms with Gasteiger partial charge in [0.2, 0.25) is 5.91 Å². The van der Waals surface area contributed by atoms with Crippen molar-refractivity contribution in [3.05, 3.63) is 53.6 Å². The lowest BCUT2D eigenvalue weighted by molar-refractivity contribution is -0.123. The molecule has 0 bridgehead atoms. The van der Waals surface area contributed by atoms with E-state index >= 15 is 0 Å². The zero-order valence-corrected chi connectivity index (χ0v) is 12.1. The minimum absolute atomic E-state index is 0.142. The highest BCUT2D eigenvalue weighted by molar-refractivity contribution is 5.97. The molecule has 3 nitrogen and oxygen atoms in total. The van der Waals surface area contributed by atoms with E-state index in [4.69, 9.17) is 4.74 Å². The van der Waals surface area contributed by atoms with Crippen molar-refractivity contribution in [1.29, 1.82) is 0 Å². The smallest absolute Gasteiger partial charge is 0.249 e. The van der Waals surface area contributed by atoms with Gasteiger partial charge in [0.15, 0.2) is 0 Å². The van der Waals surface area contributed by atoms with Gasteiger partial charge in [-0.05, 0) is 17.7 Å². The highest BCUT2D eigenvalue weighted by Crippen LogP contribution is 2.44. The monoisotopic (exact) mass is 269 g/mol. The number of hydrogen-bond donors (Lipinski definition) is 0. The van der Waals surface area contributed by atoms with E-state index in [1.165, 1.54) is 5.56 Å².